The van der Waals surface area contributed by atoms with Crippen LogP contribution in [0.3, 0.4) is 0 Å². The minimum absolute atomic E-state index is 0.0926. The van der Waals surface area contributed by atoms with E-state index in [0.29, 0.717) is 29.5 Å². The highest BCUT2D eigenvalue weighted by Gasteiger charge is 2.20. The molecule has 0 amide bonds. The number of aromatic nitrogens is 1. The van der Waals surface area contributed by atoms with Crippen LogP contribution >= 0.6 is 0 Å². The second-order valence-electron chi connectivity index (χ2n) is 4.72. The Hall–Kier alpha value is -2.74. The van der Waals surface area contributed by atoms with E-state index in [-0.39, 0.29) is 11.7 Å². The van der Waals surface area contributed by atoms with Crippen molar-refractivity contribution in [1.29, 1.82) is 0 Å². The van der Waals surface area contributed by atoms with Gasteiger partial charge in [0.05, 0.1) is 16.8 Å². The summed E-state index contributed by atoms with van der Waals surface area (Å²) in [5.41, 5.74) is 0.367. The number of nitrogens with one attached hydrogen (secondary N) is 2. The van der Waals surface area contributed by atoms with E-state index < -0.39 is 10.0 Å². The molecular formula is C15H15N3O4S. The van der Waals surface area contributed by atoms with Gasteiger partial charge in [-0.3, -0.25) is 4.72 Å². The van der Waals surface area contributed by atoms with Gasteiger partial charge in [-0.1, -0.05) is 6.08 Å². The molecular weight excluding hydrogens is 318 g/mol. The Kier molecular flexibility index (Phi) is 4.07. The third-order valence-electron chi connectivity index (χ3n) is 3.10. The van der Waals surface area contributed by atoms with Crippen molar-refractivity contribution in [1.82, 2.24) is 4.98 Å². The number of anilines is 2. The lowest BCUT2D eigenvalue weighted by Gasteiger charge is -2.09. The lowest BCUT2D eigenvalue weighted by molar-refractivity contribution is 0.174. The van der Waals surface area contributed by atoms with E-state index in [1.165, 1.54) is 18.3 Å². The number of hydrogen-bond donors (Lipinski definition) is 2. The highest BCUT2D eigenvalue weighted by Crippen LogP contribution is 2.34. The molecule has 23 heavy (non-hydrogen) atoms. The monoisotopic (exact) mass is 333 g/mol. The van der Waals surface area contributed by atoms with Crippen molar-refractivity contribution in [3.05, 3.63) is 49.2 Å². The molecule has 1 aliphatic rings. The van der Waals surface area contributed by atoms with Crippen molar-refractivity contribution in [2.75, 3.05) is 23.4 Å². The van der Waals surface area contributed by atoms with Crippen LogP contribution in [-0.4, -0.2) is 26.7 Å². The molecule has 0 unspecified atom stereocenters. The van der Waals surface area contributed by atoms with Crippen molar-refractivity contribution < 1.29 is 17.9 Å². The Balaban J connectivity index is 1.77. The van der Waals surface area contributed by atoms with Gasteiger partial charge in [-0.25, -0.2) is 13.4 Å². The van der Waals surface area contributed by atoms with Gasteiger partial charge in [-0.15, -0.1) is 6.58 Å². The molecule has 0 spiro atoms. The molecule has 0 bridgehead atoms. The Labute approximate surface area is 134 Å². The number of rotatable bonds is 6. The molecule has 7 nitrogen and oxygen atoms in total. The number of hydrogen-bond acceptors (Lipinski definition) is 6. The second kappa shape index (κ2) is 6.17. The van der Waals surface area contributed by atoms with Gasteiger partial charge < -0.3 is 14.8 Å². The van der Waals surface area contributed by atoms with Crippen molar-refractivity contribution in [3.8, 4) is 11.5 Å². The van der Waals surface area contributed by atoms with Gasteiger partial charge in [-0.2, -0.15) is 0 Å². The van der Waals surface area contributed by atoms with Crippen LogP contribution in [0, 0.1) is 0 Å². The molecule has 0 atom stereocenters. The number of benzene rings is 1. The maximum atomic E-state index is 12.4. The van der Waals surface area contributed by atoms with Crippen LogP contribution in [0.5, 0.6) is 11.5 Å². The molecule has 0 fully saturated rings. The fourth-order valence-electron chi connectivity index (χ4n) is 1.99. The Morgan fingerprint density at radius 3 is 2.78 bits per heavy atom. The standard InChI is InChI=1S/C15H15N3O4S/c1-2-7-16-15-6-3-11(9-17-15)18-23(19,20)12-4-5-13-14(8-12)22-10-21-13/h2-6,8-9,18H,1,7,10H2,(H,16,17). The summed E-state index contributed by atoms with van der Waals surface area (Å²) in [7, 11) is -3.73. The molecule has 1 aromatic heterocycles. The van der Waals surface area contributed by atoms with Crippen LogP contribution in [0.25, 0.3) is 0 Å². The van der Waals surface area contributed by atoms with Crippen molar-refractivity contribution in [2.24, 2.45) is 0 Å². The fraction of sp³-hybridized carbons (Fsp3) is 0.133. The molecule has 1 aromatic carbocycles. The maximum absolute atomic E-state index is 12.4. The molecule has 0 aliphatic carbocycles. The number of nitrogens with zero attached hydrogens (tertiary/aromatic N) is 1. The summed E-state index contributed by atoms with van der Waals surface area (Å²) >= 11 is 0. The van der Waals surface area contributed by atoms with Gasteiger partial charge in [0.25, 0.3) is 10.0 Å². The number of fused-ring (bicyclic) bond motifs is 1. The summed E-state index contributed by atoms with van der Waals surface area (Å²) in [6, 6.07) is 7.77. The van der Waals surface area contributed by atoms with Crippen molar-refractivity contribution in [3.63, 3.8) is 0 Å². The van der Waals surface area contributed by atoms with Crippen LogP contribution in [0.15, 0.2) is 54.1 Å². The lowest BCUT2D eigenvalue weighted by atomic mass is 10.3. The molecule has 3 rings (SSSR count). The molecule has 1 aliphatic heterocycles. The lowest BCUT2D eigenvalue weighted by Crippen LogP contribution is -2.13. The van der Waals surface area contributed by atoms with Gasteiger partial charge in [0.2, 0.25) is 6.79 Å². The SMILES string of the molecule is C=CCNc1ccc(NS(=O)(=O)c2ccc3c(c2)OCO3)cn1. The maximum Gasteiger partial charge on any atom is 0.262 e. The first kappa shape index (κ1) is 15.2. The predicted molar refractivity (Wildman–Crippen MR) is 86.3 cm³/mol. The Morgan fingerprint density at radius 2 is 2.04 bits per heavy atom. The smallest absolute Gasteiger partial charge is 0.262 e. The number of ether oxygens (including phenoxy) is 2. The summed E-state index contributed by atoms with van der Waals surface area (Å²) in [6.45, 7) is 4.27. The molecule has 2 N–H and O–H groups in total. The first-order chi connectivity index (χ1) is 11.1. The molecule has 2 heterocycles. The quantitative estimate of drug-likeness (QED) is 0.788. The zero-order valence-corrected chi connectivity index (χ0v) is 13.0. The van der Waals surface area contributed by atoms with E-state index in [1.807, 2.05) is 0 Å². The molecule has 2 aromatic rings. The molecule has 8 heteroatoms. The molecule has 120 valence electrons. The van der Waals surface area contributed by atoms with E-state index in [1.54, 1.807) is 24.3 Å². The van der Waals surface area contributed by atoms with E-state index in [4.69, 9.17) is 9.47 Å². The third-order valence-corrected chi connectivity index (χ3v) is 4.48. The van der Waals surface area contributed by atoms with Gasteiger partial charge >= 0.3 is 0 Å². The van der Waals surface area contributed by atoms with E-state index >= 15 is 0 Å². The van der Waals surface area contributed by atoms with Crippen molar-refractivity contribution in [2.45, 2.75) is 4.90 Å². The average molecular weight is 333 g/mol. The minimum atomic E-state index is -3.73. The van der Waals surface area contributed by atoms with E-state index in [0.717, 1.165) is 0 Å². The number of sulfonamides is 1. The zero-order chi connectivity index (χ0) is 16.3. The highest BCUT2D eigenvalue weighted by atomic mass is 32.2. The second-order valence-corrected chi connectivity index (χ2v) is 6.40. The topological polar surface area (TPSA) is 89.5 Å². The summed E-state index contributed by atoms with van der Waals surface area (Å²) in [4.78, 5) is 4.21. The van der Waals surface area contributed by atoms with E-state index in [9.17, 15) is 8.42 Å². The van der Waals surface area contributed by atoms with Crippen LogP contribution < -0.4 is 19.5 Å². The highest BCUT2D eigenvalue weighted by molar-refractivity contribution is 7.92. The first-order valence-corrected chi connectivity index (χ1v) is 8.30. The predicted octanol–water partition coefficient (Wildman–Crippen LogP) is 2.21. The van der Waals surface area contributed by atoms with Gasteiger partial charge in [-0.05, 0) is 24.3 Å². The average Bonchev–Trinajstić information content (AvgIpc) is 3.01. The number of pyridine rings is 1. The van der Waals surface area contributed by atoms with Crippen LogP contribution in [0.4, 0.5) is 11.5 Å². The summed E-state index contributed by atoms with van der Waals surface area (Å²) in [6.07, 6.45) is 3.15. The Bertz CT molecular complexity index is 819. The third kappa shape index (κ3) is 3.37. The first-order valence-electron chi connectivity index (χ1n) is 6.82. The molecule has 0 saturated heterocycles. The summed E-state index contributed by atoms with van der Waals surface area (Å²) in [5, 5.41) is 3.01. The van der Waals surface area contributed by atoms with Crippen molar-refractivity contribution >= 4 is 21.5 Å². The summed E-state index contributed by atoms with van der Waals surface area (Å²) in [5.74, 6) is 1.58. The largest absolute Gasteiger partial charge is 0.454 e. The van der Waals surface area contributed by atoms with Gasteiger partial charge in [0.15, 0.2) is 11.5 Å². The van der Waals surface area contributed by atoms with Gasteiger partial charge in [0.1, 0.15) is 5.82 Å². The summed E-state index contributed by atoms with van der Waals surface area (Å²) < 4.78 is 37.6. The van der Waals surface area contributed by atoms with E-state index in [2.05, 4.69) is 21.6 Å². The zero-order valence-electron chi connectivity index (χ0n) is 12.2. The Morgan fingerprint density at radius 1 is 1.22 bits per heavy atom. The van der Waals surface area contributed by atoms with Crippen LogP contribution in [0.1, 0.15) is 0 Å². The molecule has 0 saturated carbocycles. The van der Waals surface area contributed by atoms with Gasteiger partial charge in [0, 0.05) is 12.6 Å². The molecule has 0 radical (unpaired) electrons. The van der Waals surface area contributed by atoms with Crippen LogP contribution in [-0.2, 0) is 10.0 Å². The normalized spacial score (nSPS) is 12.7. The fourth-order valence-corrected chi connectivity index (χ4v) is 3.05. The minimum Gasteiger partial charge on any atom is -0.454 e. The van der Waals surface area contributed by atoms with Crippen LogP contribution in [0.2, 0.25) is 0 Å².